The van der Waals surface area contributed by atoms with Crippen LogP contribution in [0.5, 0.6) is 11.5 Å². The van der Waals surface area contributed by atoms with Crippen LogP contribution in [-0.2, 0) is 13.0 Å². The Balaban J connectivity index is 1.34. The molecule has 0 bridgehead atoms. The van der Waals surface area contributed by atoms with Gasteiger partial charge in [0.25, 0.3) is 5.91 Å². The first-order chi connectivity index (χ1) is 18.4. The molecule has 2 heterocycles. The molecule has 1 aliphatic heterocycles. The highest BCUT2D eigenvalue weighted by Crippen LogP contribution is 2.31. The average Bonchev–Trinajstić information content (AvgIpc) is 2.93. The van der Waals surface area contributed by atoms with E-state index in [0.29, 0.717) is 41.9 Å². The van der Waals surface area contributed by atoms with E-state index in [-0.39, 0.29) is 5.91 Å². The first-order valence-electron chi connectivity index (χ1n) is 13.7. The third-order valence-electron chi connectivity index (χ3n) is 7.48. The van der Waals surface area contributed by atoms with Crippen molar-refractivity contribution in [3.05, 3.63) is 88.2 Å². The molecule has 0 saturated carbocycles. The molecular formula is C32H41N3O3. The Hall–Kier alpha value is -3.38. The lowest BCUT2D eigenvalue weighted by Crippen LogP contribution is -2.34. The van der Waals surface area contributed by atoms with Gasteiger partial charge in [0.05, 0.1) is 25.5 Å². The maximum Gasteiger partial charge on any atom is 0.253 e. The third kappa shape index (κ3) is 6.93. The van der Waals surface area contributed by atoms with Crippen LogP contribution in [-0.4, -0.2) is 49.6 Å². The highest BCUT2D eigenvalue weighted by molar-refractivity contribution is 5.95. The van der Waals surface area contributed by atoms with Gasteiger partial charge < -0.3 is 14.8 Å². The van der Waals surface area contributed by atoms with Gasteiger partial charge in [-0.15, -0.1) is 0 Å². The Morgan fingerprint density at radius 1 is 0.974 bits per heavy atom. The summed E-state index contributed by atoms with van der Waals surface area (Å²) in [5.41, 5.74) is 6.41. The Labute approximate surface area is 227 Å². The molecule has 6 heteroatoms. The van der Waals surface area contributed by atoms with Gasteiger partial charge in [0.1, 0.15) is 0 Å². The number of benzene rings is 2. The summed E-state index contributed by atoms with van der Waals surface area (Å²) in [4.78, 5) is 20.6. The molecule has 4 rings (SSSR count). The monoisotopic (exact) mass is 515 g/mol. The Morgan fingerprint density at radius 2 is 1.66 bits per heavy atom. The minimum atomic E-state index is -0.0550. The molecule has 0 spiro atoms. The van der Waals surface area contributed by atoms with Gasteiger partial charge in [0.2, 0.25) is 0 Å². The summed E-state index contributed by atoms with van der Waals surface area (Å²) in [6, 6.07) is 18.7. The second kappa shape index (κ2) is 12.9. The third-order valence-corrected chi connectivity index (χ3v) is 7.48. The van der Waals surface area contributed by atoms with Crippen molar-refractivity contribution in [2.24, 2.45) is 0 Å². The Kier molecular flexibility index (Phi) is 9.40. The van der Waals surface area contributed by atoms with Crippen LogP contribution in [0.25, 0.3) is 0 Å². The van der Waals surface area contributed by atoms with Crippen molar-refractivity contribution in [3.8, 4) is 11.5 Å². The van der Waals surface area contributed by atoms with Gasteiger partial charge in [-0.05, 0) is 86.1 Å². The van der Waals surface area contributed by atoms with Crippen molar-refractivity contribution in [2.75, 3.05) is 33.9 Å². The molecule has 1 saturated heterocycles. The molecule has 2 aromatic carbocycles. The van der Waals surface area contributed by atoms with E-state index in [1.54, 1.807) is 14.2 Å². The second-order valence-electron chi connectivity index (χ2n) is 10.5. The van der Waals surface area contributed by atoms with Gasteiger partial charge in [-0.1, -0.05) is 44.2 Å². The number of carbonyl (C=O) groups excluding carboxylic acids is 1. The maximum atomic E-state index is 13.2. The van der Waals surface area contributed by atoms with E-state index in [0.717, 1.165) is 49.4 Å². The zero-order valence-electron chi connectivity index (χ0n) is 23.4. The average molecular weight is 516 g/mol. The van der Waals surface area contributed by atoms with Gasteiger partial charge in [-0.25, -0.2) is 0 Å². The van der Waals surface area contributed by atoms with Gasteiger partial charge in [-0.3, -0.25) is 14.7 Å². The van der Waals surface area contributed by atoms with Crippen LogP contribution in [0, 0.1) is 6.92 Å². The van der Waals surface area contributed by atoms with E-state index in [9.17, 15) is 4.79 Å². The molecule has 0 radical (unpaired) electrons. The number of hydrogen-bond donors (Lipinski definition) is 1. The van der Waals surface area contributed by atoms with Crippen molar-refractivity contribution in [1.82, 2.24) is 15.2 Å². The summed E-state index contributed by atoms with van der Waals surface area (Å²) in [7, 11) is 3.25. The van der Waals surface area contributed by atoms with Crippen LogP contribution >= 0.6 is 0 Å². The van der Waals surface area contributed by atoms with Crippen LogP contribution in [0.15, 0.2) is 54.6 Å². The Morgan fingerprint density at radius 3 is 2.32 bits per heavy atom. The van der Waals surface area contributed by atoms with Gasteiger partial charge in [-0.2, -0.15) is 0 Å². The molecule has 1 fully saturated rings. The van der Waals surface area contributed by atoms with Gasteiger partial charge in [0.15, 0.2) is 11.5 Å². The predicted molar refractivity (Wildman–Crippen MR) is 152 cm³/mol. The predicted octanol–water partition coefficient (Wildman–Crippen LogP) is 5.88. The SMILES string of the molecule is COc1ccc(CCNC(=O)c2ccc(C)nc2C2CCN(Cc3ccc(C(C)C)cc3)CC2)cc1OC. The summed E-state index contributed by atoms with van der Waals surface area (Å²) in [6.45, 7) is 9.97. The summed E-state index contributed by atoms with van der Waals surface area (Å²) in [5, 5.41) is 3.10. The van der Waals surface area contributed by atoms with Crippen molar-refractivity contribution in [2.45, 2.75) is 58.4 Å². The molecule has 38 heavy (non-hydrogen) atoms. The van der Waals surface area contributed by atoms with E-state index >= 15 is 0 Å². The lowest BCUT2D eigenvalue weighted by atomic mass is 9.89. The van der Waals surface area contributed by atoms with Crippen molar-refractivity contribution in [3.63, 3.8) is 0 Å². The fourth-order valence-electron chi connectivity index (χ4n) is 5.16. The highest BCUT2D eigenvalue weighted by atomic mass is 16.5. The minimum Gasteiger partial charge on any atom is -0.493 e. The number of rotatable bonds is 10. The van der Waals surface area contributed by atoms with E-state index in [1.165, 1.54) is 11.1 Å². The number of nitrogens with zero attached hydrogens (tertiary/aromatic N) is 2. The largest absolute Gasteiger partial charge is 0.493 e. The molecule has 0 aliphatic carbocycles. The molecule has 6 nitrogen and oxygen atoms in total. The number of piperidine rings is 1. The van der Waals surface area contributed by atoms with Gasteiger partial charge in [0, 0.05) is 24.7 Å². The van der Waals surface area contributed by atoms with Crippen LogP contribution in [0.4, 0.5) is 0 Å². The fraction of sp³-hybridized carbons (Fsp3) is 0.438. The molecular weight excluding hydrogens is 474 g/mol. The highest BCUT2D eigenvalue weighted by Gasteiger charge is 2.26. The first-order valence-corrected chi connectivity index (χ1v) is 13.7. The molecule has 1 amide bonds. The normalized spacial score (nSPS) is 14.5. The zero-order chi connectivity index (χ0) is 27.1. The number of aryl methyl sites for hydroxylation is 1. The van der Waals surface area contributed by atoms with E-state index in [2.05, 4.69) is 48.3 Å². The zero-order valence-corrected chi connectivity index (χ0v) is 23.4. The molecule has 1 aromatic heterocycles. The van der Waals surface area contributed by atoms with Crippen molar-refractivity contribution in [1.29, 1.82) is 0 Å². The second-order valence-corrected chi connectivity index (χ2v) is 10.5. The number of carbonyl (C=O) groups is 1. The quantitative estimate of drug-likeness (QED) is 0.365. The van der Waals surface area contributed by atoms with Crippen LogP contribution in [0.1, 0.15) is 77.0 Å². The molecule has 0 unspecified atom stereocenters. The van der Waals surface area contributed by atoms with Crippen molar-refractivity contribution >= 4 is 5.91 Å². The Bertz CT molecular complexity index is 1220. The smallest absolute Gasteiger partial charge is 0.253 e. The van der Waals surface area contributed by atoms with Crippen LogP contribution in [0.2, 0.25) is 0 Å². The standard InChI is InChI=1S/C32H41N3O3/c1-22(2)26-10-7-25(8-11-26)21-35-18-15-27(16-19-35)31-28(12-6-23(3)34-31)32(36)33-17-14-24-9-13-29(37-4)30(20-24)38-5/h6-13,20,22,27H,14-19,21H2,1-5H3,(H,33,36). The summed E-state index contributed by atoms with van der Waals surface area (Å²) >= 11 is 0. The molecule has 202 valence electrons. The molecule has 1 aliphatic rings. The van der Waals surface area contributed by atoms with Crippen molar-refractivity contribution < 1.29 is 14.3 Å². The first kappa shape index (κ1) is 27.6. The number of pyridine rings is 1. The number of ether oxygens (including phenoxy) is 2. The topological polar surface area (TPSA) is 63.7 Å². The lowest BCUT2D eigenvalue weighted by molar-refractivity contribution is 0.0951. The minimum absolute atomic E-state index is 0.0550. The summed E-state index contributed by atoms with van der Waals surface area (Å²) in [5.74, 6) is 2.19. The number of hydrogen-bond acceptors (Lipinski definition) is 5. The number of amides is 1. The number of methoxy groups -OCH3 is 2. The number of nitrogens with one attached hydrogen (secondary N) is 1. The molecule has 1 N–H and O–H groups in total. The van der Waals surface area contributed by atoms with Crippen LogP contribution < -0.4 is 14.8 Å². The number of likely N-dealkylation sites (tertiary alicyclic amines) is 1. The van der Waals surface area contributed by atoms with E-state index in [4.69, 9.17) is 14.5 Å². The molecule has 3 aromatic rings. The van der Waals surface area contributed by atoms with Gasteiger partial charge >= 0.3 is 0 Å². The van der Waals surface area contributed by atoms with E-state index in [1.807, 2.05) is 37.3 Å². The number of aromatic nitrogens is 1. The fourth-order valence-corrected chi connectivity index (χ4v) is 5.16. The maximum absolute atomic E-state index is 13.2. The summed E-state index contributed by atoms with van der Waals surface area (Å²) < 4.78 is 10.7. The lowest BCUT2D eigenvalue weighted by Gasteiger charge is -2.32. The van der Waals surface area contributed by atoms with E-state index < -0.39 is 0 Å². The summed E-state index contributed by atoms with van der Waals surface area (Å²) in [6.07, 6.45) is 2.72. The molecule has 0 atom stereocenters. The van der Waals surface area contributed by atoms with Crippen LogP contribution in [0.3, 0.4) is 0 Å².